The van der Waals surface area contributed by atoms with Gasteiger partial charge in [-0.15, -0.1) is 0 Å². The molecule has 1 aromatic carbocycles. The van der Waals surface area contributed by atoms with Crippen LogP contribution in [-0.2, 0) is 6.54 Å². The third-order valence-electron chi connectivity index (χ3n) is 3.15. The molecular weight excluding hydrogens is 198 g/mol. The van der Waals surface area contributed by atoms with Crippen molar-refractivity contribution in [3.8, 4) is 5.75 Å². The van der Waals surface area contributed by atoms with Crippen molar-refractivity contribution in [2.45, 2.75) is 46.7 Å². The lowest BCUT2D eigenvalue weighted by atomic mass is 10.0. The van der Waals surface area contributed by atoms with Crippen LogP contribution >= 0.6 is 0 Å². The lowest BCUT2D eigenvalue weighted by Crippen LogP contribution is -2.24. The molecule has 0 spiro atoms. The van der Waals surface area contributed by atoms with Gasteiger partial charge in [-0.1, -0.05) is 13.0 Å². The molecule has 0 heterocycles. The number of rotatable bonds is 5. The molecule has 0 aliphatic carbocycles. The molecule has 0 amide bonds. The van der Waals surface area contributed by atoms with Crippen LogP contribution in [0.3, 0.4) is 0 Å². The zero-order chi connectivity index (χ0) is 12.1. The molecule has 2 nitrogen and oxygen atoms in total. The Morgan fingerprint density at radius 2 is 1.88 bits per heavy atom. The van der Waals surface area contributed by atoms with Gasteiger partial charge in [-0.3, -0.25) is 0 Å². The van der Waals surface area contributed by atoms with Gasteiger partial charge in [0, 0.05) is 18.2 Å². The maximum atomic E-state index is 5.41. The van der Waals surface area contributed by atoms with Gasteiger partial charge in [-0.05, 0) is 44.4 Å². The van der Waals surface area contributed by atoms with Crippen molar-refractivity contribution in [1.29, 1.82) is 0 Å². The number of nitrogens with one attached hydrogen (secondary N) is 1. The van der Waals surface area contributed by atoms with Crippen LogP contribution in [0.1, 0.15) is 37.0 Å². The van der Waals surface area contributed by atoms with E-state index < -0.39 is 0 Å². The highest BCUT2D eigenvalue weighted by atomic mass is 16.5. The maximum absolute atomic E-state index is 5.41. The molecule has 0 saturated heterocycles. The van der Waals surface area contributed by atoms with Gasteiger partial charge in [0.1, 0.15) is 5.75 Å². The Balaban J connectivity index is 2.81. The van der Waals surface area contributed by atoms with E-state index in [4.69, 9.17) is 4.74 Å². The van der Waals surface area contributed by atoms with Gasteiger partial charge in [0.05, 0.1) is 7.11 Å². The van der Waals surface area contributed by atoms with Crippen LogP contribution in [0.5, 0.6) is 5.75 Å². The molecule has 0 bridgehead atoms. The molecule has 2 heteroatoms. The highest BCUT2D eigenvalue weighted by Gasteiger charge is 2.06. The first-order chi connectivity index (χ1) is 7.58. The summed E-state index contributed by atoms with van der Waals surface area (Å²) >= 11 is 0. The fourth-order valence-corrected chi connectivity index (χ4v) is 1.61. The van der Waals surface area contributed by atoms with Crippen LogP contribution in [0.15, 0.2) is 12.1 Å². The predicted molar refractivity (Wildman–Crippen MR) is 69.1 cm³/mol. The Labute approximate surface area is 99.0 Å². The molecule has 0 aliphatic rings. The van der Waals surface area contributed by atoms with E-state index in [-0.39, 0.29) is 0 Å². The van der Waals surface area contributed by atoms with E-state index in [0.717, 1.165) is 18.7 Å². The van der Waals surface area contributed by atoms with E-state index in [1.54, 1.807) is 7.11 Å². The first kappa shape index (κ1) is 13.0. The predicted octanol–water partition coefficient (Wildman–Crippen LogP) is 3.20. The lowest BCUT2D eigenvalue weighted by Gasteiger charge is -2.15. The van der Waals surface area contributed by atoms with Crippen molar-refractivity contribution < 1.29 is 4.74 Å². The van der Waals surface area contributed by atoms with E-state index in [9.17, 15) is 0 Å². The Hall–Kier alpha value is -1.02. The molecule has 0 radical (unpaired) electrons. The highest BCUT2D eigenvalue weighted by Crippen LogP contribution is 2.22. The van der Waals surface area contributed by atoms with Crippen LogP contribution in [0.4, 0.5) is 0 Å². The van der Waals surface area contributed by atoms with E-state index in [1.165, 1.54) is 16.7 Å². The van der Waals surface area contributed by atoms with Crippen LogP contribution in [0.2, 0.25) is 0 Å². The molecule has 0 saturated carbocycles. The summed E-state index contributed by atoms with van der Waals surface area (Å²) in [6.45, 7) is 9.52. The number of hydrogen-bond donors (Lipinski definition) is 1. The summed E-state index contributed by atoms with van der Waals surface area (Å²) in [7, 11) is 1.73. The van der Waals surface area contributed by atoms with Crippen molar-refractivity contribution in [1.82, 2.24) is 5.32 Å². The summed E-state index contributed by atoms with van der Waals surface area (Å²) in [5, 5.41) is 3.49. The Morgan fingerprint density at radius 3 is 2.44 bits per heavy atom. The van der Waals surface area contributed by atoms with Crippen molar-refractivity contribution in [3.63, 3.8) is 0 Å². The number of hydrogen-bond acceptors (Lipinski definition) is 2. The minimum absolute atomic E-state index is 0.548. The van der Waals surface area contributed by atoms with Crippen LogP contribution in [-0.4, -0.2) is 13.2 Å². The zero-order valence-corrected chi connectivity index (χ0v) is 11.1. The quantitative estimate of drug-likeness (QED) is 0.824. The Morgan fingerprint density at radius 1 is 1.25 bits per heavy atom. The number of aryl methyl sites for hydroxylation is 2. The van der Waals surface area contributed by atoms with Gasteiger partial charge in [-0.25, -0.2) is 0 Å². The average molecular weight is 221 g/mol. The molecule has 1 aromatic rings. The fraction of sp³-hybridized carbons (Fsp3) is 0.571. The minimum Gasteiger partial charge on any atom is -0.496 e. The summed E-state index contributed by atoms with van der Waals surface area (Å²) < 4.78 is 5.41. The molecule has 0 fully saturated rings. The molecule has 1 rings (SSSR count). The van der Waals surface area contributed by atoms with Gasteiger partial charge in [0.25, 0.3) is 0 Å². The van der Waals surface area contributed by atoms with Crippen molar-refractivity contribution >= 4 is 0 Å². The second-order valence-electron chi connectivity index (χ2n) is 4.44. The van der Waals surface area contributed by atoms with E-state index in [0.29, 0.717) is 6.04 Å². The monoisotopic (exact) mass is 221 g/mol. The second-order valence-corrected chi connectivity index (χ2v) is 4.44. The first-order valence-corrected chi connectivity index (χ1v) is 5.96. The molecule has 1 N–H and O–H groups in total. The van der Waals surface area contributed by atoms with Gasteiger partial charge >= 0.3 is 0 Å². The minimum atomic E-state index is 0.548. The summed E-state index contributed by atoms with van der Waals surface area (Å²) in [5.41, 5.74) is 3.84. The normalized spacial score (nSPS) is 12.6. The molecule has 90 valence electrons. The van der Waals surface area contributed by atoms with E-state index in [2.05, 4.69) is 45.1 Å². The smallest absolute Gasteiger partial charge is 0.123 e. The Bertz CT molecular complexity index is 347. The molecule has 0 aromatic heterocycles. The molecule has 16 heavy (non-hydrogen) atoms. The summed E-state index contributed by atoms with van der Waals surface area (Å²) in [5.74, 6) is 0.985. The van der Waals surface area contributed by atoms with Gasteiger partial charge in [0.15, 0.2) is 0 Å². The van der Waals surface area contributed by atoms with Crippen LogP contribution in [0.25, 0.3) is 0 Å². The highest BCUT2D eigenvalue weighted by molar-refractivity contribution is 5.41. The molecule has 1 atom stereocenters. The SMILES string of the molecule is CCC(C)NCc1cc(C)c(C)cc1OC. The Kier molecular flexibility index (Phi) is 4.81. The lowest BCUT2D eigenvalue weighted by molar-refractivity contribution is 0.405. The fourth-order valence-electron chi connectivity index (χ4n) is 1.61. The summed E-state index contributed by atoms with van der Waals surface area (Å²) in [6, 6.07) is 4.87. The van der Waals surface area contributed by atoms with Gasteiger partial charge in [0.2, 0.25) is 0 Å². The van der Waals surface area contributed by atoms with Gasteiger partial charge in [-0.2, -0.15) is 0 Å². The van der Waals surface area contributed by atoms with E-state index in [1.807, 2.05) is 0 Å². The van der Waals surface area contributed by atoms with Crippen molar-refractivity contribution in [2.75, 3.05) is 7.11 Å². The van der Waals surface area contributed by atoms with Crippen molar-refractivity contribution in [3.05, 3.63) is 28.8 Å². The number of benzene rings is 1. The zero-order valence-electron chi connectivity index (χ0n) is 11.1. The molecule has 0 aliphatic heterocycles. The van der Waals surface area contributed by atoms with E-state index >= 15 is 0 Å². The number of methoxy groups -OCH3 is 1. The summed E-state index contributed by atoms with van der Waals surface area (Å²) in [6.07, 6.45) is 1.15. The maximum Gasteiger partial charge on any atom is 0.123 e. The average Bonchev–Trinajstić information content (AvgIpc) is 2.29. The van der Waals surface area contributed by atoms with Gasteiger partial charge < -0.3 is 10.1 Å². The van der Waals surface area contributed by atoms with Crippen LogP contribution < -0.4 is 10.1 Å². The largest absolute Gasteiger partial charge is 0.496 e. The summed E-state index contributed by atoms with van der Waals surface area (Å²) in [4.78, 5) is 0. The molecular formula is C14H23NO. The standard InChI is InChI=1S/C14H23NO/c1-6-12(4)15-9-13-7-10(2)11(3)8-14(13)16-5/h7-8,12,15H,6,9H2,1-5H3. The van der Waals surface area contributed by atoms with Crippen molar-refractivity contribution in [2.24, 2.45) is 0 Å². The second kappa shape index (κ2) is 5.90. The first-order valence-electron chi connectivity index (χ1n) is 5.96. The van der Waals surface area contributed by atoms with Crippen LogP contribution in [0, 0.1) is 13.8 Å². The molecule has 1 unspecified atom stereocenters. The number of ether oxygens (including phenoxy) is 1. The topological polar surface area (TPSA) is 21.3 Å². The third-order valence-corrected chi connectivity index (χ3v) is 3.15. The third kappa shape index (κ3) is 3.24.